The largest absolute Gasteiger partial charge is 0.488 e. The number of halogens is 1. The van der Waals surface area contributed by atoms with Gasteiger partial charge in [-0.25, -0.2) is 4.39 Å². The maximum atomic E-state index is 14.1. The average Bonchev–Trinajstić information content (AvgIpc) is 3.52. The highest BCUT2D eigenvalue weighted by Gasteiger charge is 2.40. The number of piperazine rings is 1. The molecule has 1 atom stereocenters. The molecule has 0 aromatic heterocycles. The van der Waals surface area contributed by atoms with Crippen molar-refractivity contribution < 1.29 is 18.7 Å². The number of carbonyl (C=O) groups is 2. The van der Waals surface area contributed by atoms with E-state index < -0.39 is 0 Å². The summed E-state index contributed by atoms with van der Waals surface area (Å²) in [5, 5.41) is 0. The van der Waals surface area contributed by atoms with Crippen LogP contribution in [0.25, 0.3) is 0 Å². The highest BCUT2D eigenvalue weighted by Crippen LogP contribution is 2.34. The number of hydrogen-bond acceptors (Lipinski definition) is 6. The summed E-state index contributed by atoms with van der Waals surface area (Å²) in [6, 6.07) is 5.46. The van der Waals surface area contributed by atoms with E-state index in [1.165, 1.54) is 36.6 Å². The van der Waals surface area contributed by atoms with Crippen molar-refractivity contribution in [2.45, 2.75) is 63.5 Å². The number of ether oxygens (including phenoxy) is 1. The molecule has 4 aliphatic rings. The molecular weight excluding hydrogens is 447 g/mol. The van der Waals surface area contributed by atoms with Crippen LogP contribution in [0.4, 0.5) is 10.1 Å². The lowest BCUT2D eigenvalue weighted by molar-refractivity contribution is -0.139. The molecule has 8 heteroatoms. The quantitative estimate of drug-likeness (QED) is 0.474. The van der Waals surface area contributed by atoms with Crippen LogP contribution in [0.15, 0.2) is 18.2 Å². The lowest BCUT2D eigenvalue weighted by Crippen LogP contribution is -2.47. The molecule has 2 amide bonds. The van der Waals surface area contributed by atoms with Gasteiger partial charge in [0.15, 0.2) is 0 Å². The number of hydrogen-bond donors (Lipinski definition) is 0. The second kappa shape index (κ2) is 10.8. The van der Waals surface area contributed by atoms with Crippen molar-refractivity contribution in [3.05, 3.63) is 24.0 Å². The van der Waals surface area contributed by atoms with Crippen LogP contribution in [-0.4, -0.2) is 91.5 Å². The van der Waals surface area contributed by atoms with Gasteiger partial charge >= 0.3 is 0 Å². The van der Waals surface area contributed by atoms with Gasteiger partial charge in [0.05, 0.1) is 17.7 Å². The standard InChI is InChI=1S/C27H39FN4O3/c1-29(22-8-9-22)19-20-17-26(33)32(27(20)34)12-4-11-30-13-15-31(16-14-30)24-18-21(28)7-10-25(24)35-23-5-2-3-6-23/h7,10,18,20,22-23H,2-6,8-9,11-17,19H2,1H3. The minimum Gasteiger partial charge on any atom is -0.488 e. The van der Waals surface area contributed by atoms with Gasteiger partial charge in [0, 0.05) is 57.8 Å². The van der Waals surface area contributed by atoms with Crippen molar-refractivity contribution in [3.63, 3.8) is 0 Å². The monoisotopic (exact) mass is 486 g/mol. The summed E-state index contributed by atoms with van der Waals surface area (Å²) in [5.74, 6) is 0.370. The number of carbonyl (C=O) groups excluding carboxylic acids is 2. The van der Waals surface area contributed by atoms with Gasteiger partial charge in [0.25, 0.3) is 0 Å². The fourth-order valence-electron chi connectivity index (χ4n) is 5.83. The van der Waals surface area contributed by atoms with Gasteiger partial charge in [-0.1, -0.05) is 0 Å². The lowest BCUT2D eigenvalue weighted by Gasteiger charge is -2.37. The Labute approximate surface area is 208 Å². The molecule has 0 radical (unpaired) electrons. The van der Waals surface area contributed by atoms with E-state index in [9.17, 15) is 14.0 Å². The Morgan fingerprint density at radius 1 is 1.03 bits per heavy atom. The van der Waals surface area contributed by atoms with E-state index in [0.29, 0.717) is 25.6 Å². The van der Waals surface area contributed by atoms with E-state index in [-0.39, 0.29) is 29.7 Å². The third-order valence-corrected chi connectivity index (χ3v) is 8.10. The van der Waals surface area contributed by atoms with E-state index >= 15 is 0 Å². The summed E-state index contributed by atoms with van der Waals surface area (Å²) in [4.78, 5) is 33.5. The lowest BCUT2D eigenvalue weighted by atomic mass is 10.1. The van der Waals surface area contributed by atoms with E-state index in [1.807, 2.05) is 0 Å². The van der Waals surface area contributed by atoms with Crippen LogP contribution < -0.4 is 9.64 Å². The van der Waals surface area contributed by atoms with Crippen LogP contribution in [-0.2, 0) is 9.59 Å². The molecule has 2 heterocycles. The SMILES string of the molecule is CN(CC1CC(=O)N(CCCN2CCN(c3cc(F)ccc3OC3CCCC3)CC2)C1=O)C1CC1. The number of likely N-dealkylation sites (tertiary alicyclic amines) is 1. The van der Waals surface area contributed by atoms with Crippen molar-refractivity contribution in [3.8, 4) is 5.75 Å². The number of imide groups is 1. The Morgan fingerprint density at radius 2 is 1.77 bits per heavy atom. The minimum atomic E-state index is -0.234. The Hall–Kier alpha value is -2.19. The fraction of sp³-hybridized carbons (Fsp3) is 0.704. The number of benzene rings is 1. The van der Waals surface area contributed by atoms with Crippen molar-refractivity contribution in [2.24, 2.45) is 5.92 Å². The molecule has 0 spiro atoms. The molecular formula is C27H39FN4O3. The average molecular weight is 487 g/mol. The molecule has 7 nitrogen and oxygen atoms in total. The first-order valence-electron chi connectivity index (χ1n) is 13.5. The molecule has 1 unspecified atom stereocenters. The predicted molar refractivity (Wildman–Crippen MR) is 133 cm³/mol. The molecule has 5 rings (SSSR count). The molecule has 35 heavy (non-hydrogen) atoms. The van der Waals surface area contributed by atoms with Crippen molar-refractivity contribution >= 4 is 17.5 Å². The first-order valence-corrected chi connectivity index (χ1v) is 13.5. The van der Waals surface area contributed by atoms with E-state index in [2.05, 4.69) is 21.7 Å². The number of rotatable bonds is 10. The molecule has 4 fully saturated rings. The number of nitrogens with zero attached hydrogens (tertiary/aromatic N) is 4. The molecule has 0 N–H and O–H groups in total. The topological polar surface area (TPSA) is 56.3 Å². The summed E-state index contributed by atoms with van der Waals surface area (Å²) in [5.41, 5.74) is 0.854. The molecule has 2 aliphatic carbocycles. The van der Waals surface area contributed by atoms with Gasteiger partial charge in [-0.2, -0.15) is 0 Å². The van der Waals surface area contributed by atoms with Crippen molar-refractivity contribution in [2.75, 3.05) is 57.8 Å². The minimum absolute atomic E-state index is 0.00761. The van der Waals surface area contributed by atoms with Crippen LogP contribution in [0.2, 0.25) is 0 Å². The Balaban J connectivity index is 1.07. The molecule has 2 aliphatic heterocycles. The van der Waals surface area contributed by atoms with Gasteiger partial charge in [0.2, 0.25) is 11.8 Å². The number of anilines is 1. The smallest absolute Gasteiger partial charge is 0.234 e. The molecule has 0 bridgehead atoms. The van der Waals surface area contributed by atoms with E-state index in [1.54, 1.807) is 12.1 Å². The highest BCUT2D eigenvalue weighted by atomic mass is 19.1. The summed E-state index contributed by atoms with van der Waals surface area (Å²) < 4.78 is 20.3. The Bertz CT molecular complexity index is 910. The first kappa shape index (κ1) is 24.5. The summed E-state index contributed by atoms with van der Waals surface area (Å²) in [6.45, 7) is 5.41. The van der Waals surface area contributed by atoms with E-state index in [0.717, 1.165) is 63.4 Å². The normalized spacial score (nSPS) is 24.3. The zero-order valence-electron chi connectivity index (χ0n) is 21.0. The van der Waals surface area contributed by atoms with Crippen LogP contribution in [0.3, 0.4) is 0 Å². The Kier molecular flexibility index (Phi) is 7.58. The van der Waals surface area contributed by atoms with Gasteiger partial charge in [-0.3, -0.25) is 19.4 Å². The molecule has 1 aromatic rings. The molecule has 192 valence electrons. The third-order valence-electron chi connectivity index (χ3n) is 8.10. The number of amides is 2. The third kappa shape index (κ3) is 5.97. The van der Waals surface area contributed by atoms with Crippen molar-refractivity contribution in [1.82, 2.24) is 14.7 Å². The van der Waals surface area contributed by atoms with Crippen LogP contribution >= 0.6 is 0 Å². The highest BCUT2D eigenvalue weighted by molar-refractivity contribution is 6.03. The second-order valence-electron chi connectivity index (χ2n) is 10.8. The van der Waals surface area contributed by atoms with Gasteiger partial charge in [-0.15, -0.1) is 0 Å². The summed E-state index contributed by atoms with van der Waals surface area (Å²) in [7, 11) is 2.06. The zero-order valence-corrected chi connectivity index (χ0v) is 21.0. The molecule has 2 saturated carbocycles. The maximum absolute atomic E-state index is 14.1. The van der Waals surface area contributed by atoms with Gasteiger partial charge < -0.3 is 14.5 Å². The first-order chi connectivity index (χ1) is 17.0. The van der Waals surface area contributed by atoms with Crippen molar-refractivity contribution in [1.29, 1.82) is 0 Å². The predicted octanol–water partition coefficient (Wildman–Crippen LogP) is 3.13. The van der Waals surface area contributed by atoms with Crippen LogP contribution in [0.1, 0.15) is 51.4 Å². The van der Waals surface area contributed by atoms with Crippen LogP contribution in [0, 0.1) is 11.7 Å². The summed E-state index contributed by atoms with van der Waals surface area (Å²) >= 11 is 0. The van der Waals surface area contributed by atoms with Gasteiger partial charge in [-0.05, 0) is 70.7 Å². The van der Waals surface area contributed by atoms with Gasteiger partial charge in [0.1, 0.15) is 11.6 Å². The molecule has 2 saturated heterocycles. The van der Waals surface area contributed by atoms with E-state index in [4.69, 9.17) is 4.74 Å². The fourth-order valence-corrected chi connectivity index (χ4v) is 5.83. The summed E-state index contributed by atoms with van der Waals surface area (Å²) in [6.07, 6.45) is 8.35. The maximum Gasteiger partial charge on any atom is 0.234 e. The molecule has 1 aromatic carbocycles. The Morgan fingerprint density at radius 3 is 2.49 bits per heavy atom. The second-order valence-corrected chi connectivity index (χ2v) is 10.8. The van der Waals surface area contributed by atoms with Crippen LogP contribution in [0.5, 0.6) is 5.75 Å². The zero-order chi connectivity index (χ0) is 24.4.